The van der Waals surface area contributed by atoms with Gasteiger partial charge < -0.3 is 14.8 Å². The Hall–Kier alpha value is -1.89. The average molecular weight is 367 g/mol. The van der Waals surface area contributed by atoms with Crippen LogP contribution in [-0.2, 0) is 24.4 Å². The minimum absolute atomic E-state index is 0.254. The van der Waals surface area contributed by atoms with E-state index in [1.54, 1.807) is 0 Å². The van der Waals surface area contributed by atoms with Crippen molar-refractivity contribution in [3.05, 3.63) is 12.7 Å². The summed E-state index contributed by atoms with van der Waals surface area (Å²) in [5.74, 6) is -5.92. The zero-order valence-electron chi connectivity index (χ0n) is 11.4. The van der Waals surface area contributed by atoms with Crippen molar-refractivity contribution in [1.29, 1.82) is 0 Å². The van der Waals surface area contributed by atoms with Gasteiger partial charge in [-0.05, 0) is 0 Å². The van der Waals surface area contributed by atoms with Crippen LogP contribution in [0.2, 0.25) is 0 Å². The zero-order valence-corrected chi connectivity index (χ0v) is 12.2. The fourth-order valence-electron chi connectivity index (χ4n) is 1.02. The Balaban J connectivity index is 4.21. The molecular formula is C10H13F4NO7S. The first-order chi connectivity index (χ1) is 10.3. The van der Waals surface area contributed by atoms with Crippen molar-refractivity contribution in [2.75, 3.05) is 19.8 Å². The molecule has 0 aromatic heterocycles. The number of amides is 1. The molecule has 0 bridgehead atoms. The second-order valence-electron chi connectivity index (χ2n) is 3.88. The minimum Gasteiger partial charge on any atom is -0.461 e. The molecule has 8 nitrogen and oxygen atoms in total. The van der Waals surface area contributed by atoms with Crippen molar-refractivity contribution in [1.82, 2.24) is 5.32 Å². The lowest BCUT2D eigenvalue weighted by Crippen LogP contribution is -2.47. The van der Waals surface area contributed by atoms with E-state index in [0.29, 0.717) is 0 Å². The summed E-state index contributed by atoms with van der Waals surface area (Å²) in [6.45, 7) is 1.31. The topological polar surface area (TPSA) is 119 Å². The molecule has 0 fully saturated rings. The Morgan fingerprint density at radius 1 is 1.17 bits per heavy atom. The van der Waals surface area contributed by atoms with Gasteiger partial charge in [0, 0.05) is 6.08 Å². The number of halogens is 4. The highest BCUT2D eigenvalue weighted by Crippen LogP contribution is 2.40. The van der Waals surface area contributed by atoms with Gasteiger partial charge in [0.05, 0.1) is 19.6 Å². The lowest BCUT2D eigenvalue weighted by Gasteiger charge is -2.23. The second-order valence-corrected chi connectivity index (χ2v) is 5.34. The summed E-state index contributed by atoms with van der Waals surface area (Å²) in [6.07, 6.45) is -2.28. The molecular weight excluding hydrogens is 354 g/mol. The van der Waals surface area contributed by atoms with Crippen LogP contribution in [0, 0.1) is 0 Å². The predicted molar refractivity (Wildman–Crippen MR) is 66.6 cm³/mol. The number of alkyl carbamates (subject to hydrolysis) is 1. The molecule has 0 spiro atoms. The number of rotatable bonds is 9. The molecule has 13 heteroatoms. The summed E-state index contributed by atoms with van der Waals surface area (Å²) in [5, 5.41) is -3.78. The monoisotopic (exact) mass is 367 g/mol. The lowest BCUT2D eigenvalue weighted by atomic mass is 10.2. The Labute approximate surface area is 128 Å². The summed E-state index contributed by atoms with van der Waals surface area (Å²) in [6, 6.07) is 0. The molecule has 0 aromatic carbocycles. The Kier molecular flexibility index (Phi) is 7.43. The first-order valence-corrected chi connectivity index (χ1v) is 7.21. The van der Waals surface area contributed by atoms with Gasteiger partial charge in [0.25, 0.3) is 0 Å². The van der Waals surface area contributed by atoms with E-state index in [1.165, 1.54) is 0 Å². The van der Waals surface area contributed by atoms with Gasteiger partial charge >= 0.3 is 33.4 Å². The Morgan fingerprint density at radius 2 is 1.74 bits per heavy atom. The van der Waals surface area contributed by atoms with E-state index in [1.807, 2.05) is 5.32 Å². The van der Waals surface area contributed by atoms with Crippen LogP contribution in [0.15, 0.2) is 12.7 Å². The van der Waals surface area contributed by atoms with Crippen molar-refractivity contribution in [2.45, 2.75) is 17.6 Å². The first kappa shape index (κ1) is 21.1. The summed E-state index contributed by atoms with van der Waals surface area (Å²) in [5.41, 5.74) is 0. The smallest absolute Gasteiger partial charge is 0.431 e. The van der Waals surface area contributed by atoms with Crippen LogP contribution in [0.5, 0.6) is 0 Å². The number of carbonyl (C=O) groups is 2. The van der Waals surface area contributed by atoms with E-state index >= 15 is 0 Å². The molecule has 134 valence electrons. The zero-order chi connectivity index (χ0) is 18.3. The molecule has 0 aliphatic carbocycles. The van der Waals surface area contributed by atoms with Gasteiger partial charge in [-0.1, -0.05) is 6.58 Å². The molecule has 0 heterocycles. The van der Waals surface area contributed by atoms with Gasteiger partial charge in [-0.25, -0.2) is 9.59 Å². The van der Waals surface area contributed by atoms with Crippen molar-refractivity contribution in [3.8, 4) is 0 Å². The maximum absolute atomic E-state index is 13.0. The number of alkyl halides is 4. The van der Waals surface area contributed by atoms with Crippen LogP contribution < -0.4 is 5.32 Å². The summed E-state index contributed by atoms with van der Waals surface area (Å²) in [4.78, 5) is 21.6. The largest absolute Gasteiger partial charge is 0.461 e. The highest BCUT2D eigenvalue weighted by Gasteiger charge is 2.65. The van der Waals surface area contributed by atoms with Crippen LogP contribution in [0.25, 0.3) is 0 Å². The van der Waals surface area contributed by atoms with E-state index in [4.69, 9.17) is 4.55 Å². The lowest BCUT2D eigenvalue weighted by molar-refractivity contribution is -0.168. The van der Waals surface area contributed by atoms with E-state index in [-0.39, 0.29) is 13.2 Å². The van der Waals surface area contributed by atoms with Gasteiger partial charge in [0.2, 0.25) is 0 Å². The quantitative estimate of drug-likeness (QED) is 0.205. The minimum atomic E-state index is -6.33. The van der Waals surface area contributed by atoms with Crippen molar-refractivity contribution >= 4 is 22.2 Å². The average Bonchev–Trinajstić information content (AvgIpc) is 2.41. The third-order valence-electron chi connectivity index (χ3n) is 2.18. The molecule has 0 radical (unpaired) electrons. The van der Waals surface area contributed by atoms with Crippen molar-refractivity contribution in [2.24, 2.45) is 0 Å². The molecule has 0 aliphatic rings. The molecule has 1 amide bonds. The van der Waals surface area contributed by atoms with Gasteiger partial charge in [-0.3, -0.25) is 4.55 Å². The fourth-order valence-corrected chi connectivity index (χ4v) is 1.50. The van der Waals surface area contributed by atoms with Gasteiger partial charge in [0.15, 0.2) is 0 Å². The van der Waals surface area contributed by atoms with Crippen LogP contribution in [0.4, 0.5) is 22.4 Å². The molecule has 0 atom stereocenters. The number of ether oxygens (including phenoxy) is 2. The molecule has 0 saturated carbocycles. The van der Waals surface area contributed by atoms with E-state index in [2.05, 4.69) is 16.1 Å². The summed E-state index contributed by atoms with van der Waals surface area (Å²) in [7, 11) is -6.33. The molecule has 23 heavy (non-hydrogen) atoms. The molecule has 0 unspecified atom stereocenters. The first-order valence-electron chi connectivity index (χ1n) is 5.77. The number of hydrogen-bond donors (Lipinski definition) is 2. The summed E-state index contributed by atoms with van der Waals surface area (Å²) >= 11 is 0. The van der Waals surface area contributed by atoms with Gasteiger partial charge in [0.1, 0.15) is 6.61 Å². The maximum atomic E-state index is 13.0. The van der Waals surface area contributed by atoms with E-state index in [0.717, 1.165) is 6.08 Å². The number of nitrogens with one attached hydrogen (secondary N) is 1. The van der Waals surface area contributed by atoms with Crippen molar-refractivity contribution in [3.63, 3.8) is 0 Å². The predicted octanol–water partition coefficient (Wildman–Crippen LogP) is 0.948. The number of carbonyl (C=O) groups excluding carboxylic acids is 2. The number of hydrogen-bond acceptors (Lipinski definition) is 6. The normalized spacial score (nSPS) is 12.4. The molecule has 0 aromatic rings. The molecule has 0 saturated heterocycles. The third-order valence-corrected chi connectivity index (χ3v) is 3.13. The molecule has 0 rings (SSSR count). The SMILES string of the molecule is C=CC(=O)OCCNC(=O)OCCC(F)(F)C(F)(F)S(=O)(=O)O. The highest BCUT2D eigenvalue weighted by atomic mass is 32.2. The second kappa shape index (κ2) is 8.10. The molecule has 2 N–H and O–H groups in total. The van der Waals surface area contributed by atoms with Gasteiger partial charge in [-0.15, -0.1) is 0 Å². The third kappa shape index (κ3) is 6.40. The Morgan fingerprint density at radius 3 is 2.22 bits per heavy atom. The Bertz CT molecular complexity index is 549. The highest BCUT2D eigenvalue weighted by molar-refractivity contribution is 7.87. The summed E-state index contributed by atoms with van der Waals surface area (Å²) < 4.78 is 88.7. The maximum Gasteiger partial charge on any atom is 0.431 e. The molecule has 0 aliphatic heterocycles. The van der Waals surface area contributed by atoms with Gasteiger partial charge in [-0.2, -0.15) is 26.0 Å². The van der Waals surface area contributed by atoms with Crippen LogP contribution >= 0.6 is 0 Å². The standard InChI is InChI=1S/C10H13F4NO7S/c1-2-7(16)21-6-4-15-8(17)22-5-3-9(11,12)10(13,14)23(18,19)20/h2H,1,3-6H2,(H,15,17)(H,18,19,20). The van der Waals surface area contributed by atoms with E-state index in [9.17, 15) is 35.6 Å². The fraction of sp³-hybridized carbons (Fsp3) is 0.600. The van der Waals surface area contributed by atoms with Crippen molar-refractivity contribution < 1.29 is 49.6 Å². The van der Waals surface area contributed by atoms with Crippen LogP contribution in [0.3, 0.4) is 0 Å². The van der Waals surface area contributed by atoms with Crippen LogP contribution in [-0.4, -0.2) is 56.0 Å². The number of esters is 1. The van der Waals surface area contributed by atoms with E-state index < -0.39 is 46.4 Å². The van der Waals surface area contributed by atoms with Crippen LogP contribution in [0.1, 0.15) is 6.42 Å².